The largest absolute Gasteiger partial charge is 0.372 e. The third kappa shape index (κ3) is 2.82. The molecule has 0 aliphatic heterocycles. The summed E-state index contributed by atoms with van der Waals surface area (Å²) >= 11 is 0. The molecule has 0 aliphatic rings. The molecule has 0 amide bonds. The molecule has 0 spiro atoms. The van der Waals surface area contributed by atoms with Crippen LogP contribution in [0.1, 0.15) is 26.7 Å². The molecule has 4 nitrogen and oxygen atoms in total. The van der Waals surface area contributed by atoms with Gasteiger partial charge in [0, 0.05) is 18.8 Å². The van der Waals surface area contributed by atoms with E-state index in [4.69, 9.17) is 0 Å². The Morgan fingerprint density at radius 3 is 2.27 bits per heavy atom. The van der Waals surface area contributed by atoms with Gasteiger partial charge >= 0.3 is 0 Å². The minimum Gasteiger partial charge on any atom is -0.372 e. The second-order valence-corrected chi connectivity index (χ2v) is 5.49. The minimum absolute atomic E-state index is 0.921. The Morgan fingerprint density at radius 2 is 1.59 bits per heavy atom. The predicted octanol–water partition coefficient (Wildman–Crippen LogP) is 4.05. The number of para-hydroxylation sites is 1. The summed E-state index contributed by atoms with van der Waals surface area (Å²) in [5, 5.41) is 8.48. The minimum atomic E-state index is 0.921. The monoisotopic (exact) mass is 294 g/mol. The Bertz CT molecular complexity index is 724. The number of anilines is 1. The lowest BCUT2D eigenvalue weighted by molar-refractivity contribution is 0.744. The number of hydrogen-bond acceptors (Lipinski definition) is 3. The summed E-state index contributed by atoms with van der Waals surface area (Å²) in [5.74, 6) is 0. The number of hydrogen-bond donors (Lipinski definition) is 0. The van der Waals surface area contributed by atoms with Crippen molar-refractivity contribution in [2.75, 3.05) is 18.0 Å². The van der Waals surface area contributed by atoms with Gasteiger partial charge in [0.1, 0.15) is 5.52 Å². The van der Waals surface area contributed by atoms with Crippen LogP contribution in [0.25, 0.3) is 16.7 Å². The maximum atomic E-state index is 4.27. The van der Waals surface area contributed by atoms with E-state index in [1.165, 1.54) is 5.69 Å². The van der Waals surface area contributed by atoms with Gasteiger partial charge in [-0.2, -0.15) is 0 Å². The first-order valence-corrected chi connectivity index (χ1v) is 7.99. The van der Waals surface area contributed by atoms with Crippen molar-refractivity contribution in [2.24, 2.45) is 0 Å². The topological polar surface area (TPSA) is 34.0 Å². The van der Waals surface area contributed by atoms with Gasteiger partial charge in [-0.3, -0.25) is 0 Å². The van der Waals surface area contributed by atoms with E-state index >= 15 is 0 Å². The molecule has 114 valence electrons. The van der Waals surface area contributed by atoms with Gasteiger partial charge in [0.15, 0.2) is 0 Å². The van der Waals surface area contributed by atoms with E-state index in [9.17, 15) is 0 Å². The Hall–Kier alpha value is -2.36. The normalized spacial score (nSPS) is 11.0. The molecule has 2 aromatic carbocycles. The van der Waals surface area contributed by atoms with Crippen molar-refractivity contribution in [1.29, 1.82) is 0 Å². The van der Waals surface area contributed by atoms with Gasteiger partial charge in [-0.05, 0) is 49.2 Å². The van der Waals surface area contributed by atoms with Gasteiger partial charge in [0.2, 0.25) is 0 Å². The molecule has 3 aromatic rings. The average Bonchev–Trinajstić information content (AvgIpc) is 2.99. The van der Waals surface area contributed by atoms with Crippen molar-refractivity contribution in [3.8, 4) is 5.69 Å². The van der Waals surface area contributed by atoms with E-state index in [0.29, 0.717) is 0 Å². The molecule has 0 fully saturated rings. The summed E-state index contributed by atoms with van der Waals surface area (Å²) in [6.45, 7) is 6.63. The lowest BCUT2D eigenvalue weighted by Crippen LogP contribution is -2.24. The van der Waals surface area contributed by atoms with Crippen LogP contribution in [0.5, 0.6) is 0 Å². The number of nitrogens with zero attached hydrogens (tertiary/aromatic N) is 4. The zero-order valence-corrected chi connectivity index (χ0v) is 13.2. The van der Waals surface area contributed by atoms with Crippen LogP contribution in [0.3, 0.4) is 0 Å². The zero-order chi connectivity index (χ0) is 15.4. The van der Waals surface area contributed by atoms with Gasteiger partial charge in [-0.25, -0.2) is 4.68 Å². The molecule has 1 heterocycles. The van der Waals surface area contributed by atoms with Gasteiger partial charge in [0.05, 0.1) is 11.2 Å². The standard InChI is InChI=1S/C18H22N4/c1-3-13-21(14-4-2)15-9-11-16(12-10-15)22-18-8-6-5-7-17(18)19-20-22/h5-12H,3-4,13-14H2,1-2H3. The Balaban J connectivity index is 1.90. The first-order chi connectivity index (χ1) is 10.8. The molecular formula is C18H22N4. The zero-order valence-electron chi connectivity index (χ0n) is 13.2. The first kappa shape index (κ1) is 14.6. The van der Waals surface area contributed by atoms with Gasteiger partial charge in [0.25, 0.3) is 0 Å². The summed E-state index contributed by atoms with van der Waals surface area (Å²) in [6.07, 6.45) is 2.32. The highest BCUT2D eigenvalue weighted by Crippen LogP contribution is 2.20. The summed E-state index contributed by atoms with van der Waals surface area (Å²) in [6, 6.07) is 16.6. The van der Waals surface area contributed by atoms with Crippen LogP contribution in [0, 0.1) is 0 Å². The molecular weight excluding hydrogens is 272 g/mol. The predicted molar refractivity (Wildman–Crippen MR) is 91.7 cm³/mol. The quantitative estimate of drug-likeness (QED) is 0.688. The van der Waals surface area contributed by atoms with Crippen molar-refractivity contribution < 1.29 is 0 Å². The number of rotatable bonds is 6. The summed E-state index contributed by atoms with van der Waals surface area (Å²) < 4.78 is 1.89. The summed E-state index contributed by atoms with van der Waals surface area (Å²) in [4.78, 5) is 2.43. The van der Waals surface area contributed by atoms with Crippen molar-refractivity contribution in [3.05, 3.63) is 48.5 Å². The second-order valence-electron chi connectivity index (χ2n) is 5.49. The van der Waals surface area contributed by atoms with Crippen LogP contribution in [-0.2, 0) is 0 Å². The smallest absolute Gasteiger partial charge is 0.113 e. The second kappa shape index (κ2) is 6.60. The van der Waals surface area contributed by atoms with E-state index < -0.39 is 0 Å². The van der Waals surface area contributed by atoms with E-state index in [2.05, 4.69) is 53.3 Å². The van der Waals surface area contributed by atoms with Gasteiger partial charge < -0.3 is 4.90 Å². The maximum Gasteiger partial charge on any atom is 0.113 e. The number of benzene rings is 2. The Labute approximate surface area is 131 Å². The fourth-order valence-electron chi connectivity index (χ4n) is 2.77. The molecule has 3 rings (SSSR count). The lowest BCUT2D eigenvalue weighted by atomic mass is 10.2. The van der Waals surface area contributed by atoms with Crippen LogP contribution >= 0.6 is 0 Å². The molecule has 0 saturated heterocycles. The van der Waals surface area contributed by atoms with Crippen LogP contribution in [0.4, 0.5) is 5.69 Å². The fourth-order valence-corrected chi connectivity index (χ4v) is 2.77. The van der Waals surface area contributed by atoms with Crippen molar-refractivity contribution in [3.63, 3.8) is 0 Å². The molecule has 0 unspecified atom stereocenters. The summed E-state index contributed by atoms with van der Waals surface area (Å²) in [7, 11) is 0. The Morgan fingerprint density at radius 1 is 0.909 bits per heavy atom. The van der Waals surface area contributed by atoms with Crippen molar-refractivity contribution >= 4 is 16.7 Å². The van der Waals surface area contributed by atoms with Gasteiger partial charge in [-0.15, -0.1) is 5.10 Å². The average molecular weight is 294 g/mol. The third-order valence-electron chi connectivity index (χ3n) is 3.80. The van der Waals surface area contributed by atoms with Crippen molar-refractivity contribution in [1.82, 2.24) is 15.0 Å². The summed E-state index contributed by atoms with van der Waals surface area (Å²) in [5.41, 5.74) is 4.28. The van der Waals surface area contributed by atoms with Crippen LogP contribution in [0.2, 0.25) is 0 Å². The molecule has 0 aliphatic carbocycles. The lowest BCUT2D eigenvalue weighted by Gasteiger charge is -2.23. The number of fused-ring (bicyclic) bond motifs is 1. The molecule has 0 N–H and O–H groups in total. The van der Waals surface area contributed by atoms with Gasteiger partial charge in [-0.1, -0.05) is 31.2 Å². The molecule has 1 aromatic heterocycles. The van der Waals surface area contributed by atoms with E-state index in [0.717, 1.165) is 42.7 Å². The molecule has 4 heteroatoms. The van der Waals surface area contributed by atoms with Crippen LogP contribution in [0.15, 0.2) is 48.5 Å². The molecule has 0 bridgehead atoms. The Kier molecular flexibility index (Phi) is 4.37. The van der Waals surface area contributed by atoms with E-state index in [1.807, 2.05) is 28.9 Å². The fraction of sp³-hybridized carbons (Fsp3) is 0.333. The molecule has 0 atom stereocenters. The number of aromatic nitrogens is 3. The molecule has 0 radical (unpaired) electrons. The van der Waals surface area contributed by atoms with Crippen LogP contribution in [-0.4, -0.2) is 28.1 Å². The van der Waals surface area contributed by atoms with Crippen LogP contribution < -0.4 is 4.90 Å². The molecule has 0 saturated carbocycles. The van der Waals surface area contributed by atoms with E-state index in [1.54, 1.807) is 0 Å². The third-order valence-corrected chi connectivity index (χ3v) is 3.80. The highest BCUT2D eigenvalue weighted by Gasteiger charge is 2.08. The van der Waals surface area contributed by atoms with E-state index in [-0.39, 0.29) is 0 Å². The van der Waals surface area contributed by atoms with Crippen molar-refractivity contribution in [2.45, 2.75) is 26.7 Å². The maximum absolute atomic E-state index is 4.27. The highest BCUT2D eigenvalue weighted by atomic mass is 15.4. The highest BCUT2D eigenvalue weighted by molar-refractivity contribution is 5.76. The molecule has 22 heavy (non-hydrogen) atoms. The first-order valence-electron chi connectivity index (χ1n) is 7.99. The SMILES string of the molecule is CCCN(CCC)c1ccc(-n2nnc3ccccc32)cc1.